The van der Waals surface area contributed by atoms with E-state index in [0.29, 0.717) is 0 Å². The lowest BCUT2D eigenvalue weighted by atomic mass is 10.1. The molecule has 0 radical (unpaired) electrons. The standard InChI is InChI=1S/C11H18O2/c1-9(2)6-5-7-11(4)12-8-10(3)13-11/h6,8H,5,7H2,1-4H3. The van der Waals surface area contributed by atoms with Crippen molar-refractivity contribution in [2.75, 3.05) is 0 Å². The summed E-state index contributed by atoms with van der Waals surface area (Å²) >= 11 is 0. The van der Waals surface area contributed by atoms with E-state index < -0.39 is 5.79 Å². The monoisotopic (exact) mass is 182 g/mol. The van der Waals surface area contributed by atoms with Crippen molar-refractivity contribution in [3.05, 3.63) is 23.7 Å². The average molecular weight is 182 g/mol. The van der Waals surface area contributed by atoms with Gasteiger partial charge in [0.25, 0.3) is 0 Å². The predicted molar refractivity (Wildman–Crippen MR) is 53.0 cm³/mol. The molecule has 0 amide bonds. The van der Waals surface area contributed by atoms with Crippen molar-refractivity contribution >= 4 is 0 Å². The van der Waals surface area contributed by atoms with Gasteiger partial charge >= 0.3 is 0 Å². The third kappa shape index (κ3) is 3.13. The zero-order valence-corrected chi connectivity index (χ0v) is 8.89. The molecule has 0 saturated heterocycles. The molecule has 2 heteroatoms. The maximum atomic E-state index is 5.54. The van der Waals surface area contributed by atoms with Gasteiger partial charge in [0.1, 0.15) is 12.0 Å². The number of hydrogen-bond acceptors (Lipinski definition) is 2. The molecule has 0 aromatic carbocycles. The molecule has 0 spiro atoms. The number of hydrogen-bond donors (Lipinski definition) is 0. The highest BCUT2D eigenvalue weighted by Crippen LogP contribution is 2.29. The van der Waals surface area contributed by atoms with Gasteiger partial charge in [-0.05, 0) is 27.2 Å². The van der Waals surface area contributed by atoms with Gasteiger partial charge in [-0.25, -0.2) is 0 Å². The van der Waals surface area contributed by atoms with Crippen molar-refractivity contribution in [1.29, 1.82) is 0 Å². The van der Waals surface area contributed by atoms with E-state index in [1.54, 1.807) is 6.26 Å². The predicted octanol–water partition coefficient (Wildman–Crippen LogP) is 3.36. The van der Waals surface area contributed by atoms with E-state index in [4.69, 9.17) is 9.47 Å². The first-order valence-corrected chi connectivity index (χ1v) is 4.69. The van der Waals surface area contributed by atoms with E-state index in [1.807, 2.05) is 13.8 Å². The molecule has 0 aromatic heterocycles. The van der Waals surface area contributed by atoms with Gasteiger partial charge in [-0.2, -0.15) is 0 Å². The molecule has 1 aliphatic rings. The second kappa shape index (κ2) is 3.86. The zero-order chi connectivity index (χ0) is 9.90. The van der Waals surface area contributed by atoms with Crippen LogP contribution in [0.2, 0.25) is 0 Å². The summed E-state index contributed by atoms with van der Waals surface area (Å²) in [6.07, 6.45) is 5.78. The lowest BCUT2D eigenvalue weighted by molar-refractivity contribution is -0.136. The Morgan fingerprint density at radius 3 is 2.69 bits per heavy atom. The smallest absolute Gasteiger partial charge is 0.247 e. The van der Waals surface area contributed by atoms with E-state index in [9.17, 15) is 0 Å². The minimum absolute atomic E-state index is 0.434. The van der Waals surface area contributed by atoms with E-state index >= 15 is 0 Å². The van der Waals surface area contributed by atoms with Crippen LogP contribution in [0.15, 0.2) is 23.7 Å². The Balaban J connectivity index is 2.34. The molecule has 1 heterocycles. The molecule has 0 aliphatic carbocycles. The van der Waals surface area contributed by atoms with Gasteiger partial charge in [0.2, 0.25) is 5.79 Å². The van der Waals surface area contributed by atoms with Crippen LogP contribution in [-0.4, -0.2) is 5.79 Å². The molecule has 74 valence electrons. The first kappa shape index (κ1) is 10.2. The van der Waals surface area contributed by atoms with E-state index in [-0.39, 0.29) is 0 Å². The maximum Gasteiger partial charge on any atom is 0.247 e. The molecule has 1 aliphatic heterocycles. The molecule has 2 nitrogen and oxygen atoms in total. The summed E-state index contributed by atoms with van der Waals surface area (Å²) < 4.78 is 11.0. The van der Waals surface area contributed by atoms with Crippen molar-refractivity contribution in [2.45, 2.75) is 46.3 Å². The lowest BCUT2D eigenvalue weighted by Gasteiger charge is -2.23. The minimum Gasteiger partial charge on any atom is -0.457 e. The van der Waals surface area contributed by atoms with Crippen LogP contribution in [-0.2, 0) is 9.47 Å². The topological polar surface area (TPSA) is 18.5 Å². The van der Waals surface area contributed by atoms with Crippen LogP contribution >= 0.6 is 0 Å². The Hall–Kier alpha value is -0.920. The second-order valence-electron chi connectivity index (χ2n) is 3.90. The molecule has 0 aromatic rings. The van der Waals surface area contributed by atoms with Gasteiger partial charge < -0.3 is 9.47 Å². The van der Waals surface area contributed by atoms with Crippen LogP contribution in [0.3, 0.4) is 0 Å². The normalized spacial score (nSPS) is 26.0. The van der Waals surface area contributed by atoms with E-state index in [0.717, 1.165) is 18.6 Å². The fourth-order valence-electron chi connectivity index (χ4n) is 1.33. The van der Waals surface area contributed by atoms with Gasteiger partial charge in [0.15, 0.2) is 0 Å². The third-order valence-corrected chi connectivity index (χ3v) is 2.00. The summed E-state index contributed by atoms with van der Waals surface area (Å²) in [5, 5.41) is 0. The molecule has 1 atom stereocenters. The summed E-state index contributed by atoms with van der Waals surface area (Å²) in [6.45, 7) is 8.08. The Bertz CT molecular complexity index is 236. The molecule has 0 N–H and O–H groups in total. The summed E-state index contributed by atoms with van der Waals surface area (Å²) in [6, 6.07) is 0. The highest BCUT2D eigenvalue weighted by atomic mass is 16.7. The number of rotatable bonds is 3. The Morgan fingerprint density at radius 1 is 1.54 bits per heavy atom. The molecule has 0 bridgehead atoms. The first-order valence-electron chi connectivity index (χ1n) is 4.69. The minimum atomic E-state index is -0.434. The molecular weight excluding hydrogens is 164 g/mol. The van der Waals surface area contributed by atoms with Gasteiger partial charge in [-0.3, -0.25) is 0 Å². The van der Waals surface area contributed by atoms with Crippen molar-refractivity contribution < 1.29 is 9.47 Å². The summed E-state index contributed by atoms with van der Waals surface area (Å²) in [5.74, 6) is 0.426. The highest BCUT2D eigenvalue weighted by Gasteiger charge is 2.30. The van der Waals surface area contributed by atoms with Crippen LogP contribution in [0.4, 0.5) is 0 Å². The SMILES string of the molecule is CC(C)=CCCC1(C)OC=C(C)O1. The fourth-order valence-corrected chi connectivity index (χ4v) is 1.33. The molecule has 13 heavy (non-hydrogen) atoms. The van der Waals surface area contributed by atoms with Crippen LogP contribution in [0.25, 0.3) is 0 Å². The third-order valence-electron chi connectivity index (χ3n) is 2.00. The Labute approximate surface area is 80.2 Å². The zero-order valence-electron chi connectivity index (χ0n) is 8.89. The second-order valence-corrected chi connectivity index (χ2v) is 3.90. The van der Waals surface area contributed by atoms with Crippen LogP contribution in [0.1, 0.15) is 40.5 Å². The molecule has 0 saturated carbocycles. The van der Waals surface area contributed by atoms with Crippen molar-refractivity contribution in [3.8, 4) is 0 Å². The van der Waals surface area contributed by atoms with Gasteiger partial charge in [0, 0.05) is 13.3 Å². The Kier molecular flexibility index (Phi) is 3.02. The van der Waals surface area contributed by atoms with Crippen molar-refractivity contribution in [3.63, 3.8) is 0 Å². The average Bonchev–Trinajstić information content (AvgIpc) is 2.30. The molecule has 1 unspecified atom stereocenters. The number of allylic oxidation sites excluding steroid dienone is 3. The van der Waals surface area contributed by atoms with Crippen LogP contribution in [0.5, 0.6) is 0 Å². The van der Waals surface area contributed by atoms with E-state index in [1.165, 1.54) is 5.57 Å². The fraction of sp³-hybridized carbons (Fsp3) is 0.636. The highest BCUT2D eigenvalue weighted by molar-refractivity contribution is 4.96. The lowest BCUT2D eigenvalue weighted by Crippen LogP contribution is -2.25. The van der Waals surface area contributed by atoms with Gasteiger partial charge in [0.05, 0.1) is 0 Å². The van der Waals surface area contributed by atoms with Gasteiger partial charge in [-0.1, -0.05) is 11.6 Å². The largest absolute Gasteiger partial charge is 0.457 e. The maximum absolute atomic E-state index is 5.54. The van der Waals surface area contributed by atoms with Gasteiger partial charge in [-0.15, -0.1) is 0 Å². The Morgan fingerprint density at radius 2 is 2.23 bits per heavy atom. The molecular formula is C11H18O2. The molecule has 1 rings (SSSR count). The van der Waals surface area contributed by atoms with Crippen LogP contribution in [0, 0.1) is 0 Å². The first-order chi connectivity index (χ1) is 6.02. The van der Waals surface area contributed by atoms with Crippen LogP contribution < -0.4 is 0 Å². The summed E-state index contributed by atoms with van der Waals surface area (Å²) in [5.41, 5.74) is 1.34. The summed E-state index contributed by atoms with van der Waals surface area (Å²) in [7, 11) is 0. The quantitative estimate of drug-likeness (QED) is 0.623. The molecule has 0 fully saturated rings. The van der Waals surface area contributed by atoms with Crippen molar-refractivity contribution in [1.82, 2.24) is 0 Å². The number of ether oxygens (including phenoxy) is 2. The summed E-state index contributed by atoms with van der Waals surface area (Å²) in [4.78, 5) is 0. The van der Waals surface area contributed by atoms with Crippen molar-refractivity contribution in [2.24, 2.45) is 0 Å². The van der Waals surface area contributed by atoms with E-state index in [2.05, 4.69) is 19.9 Å².